The highest BCUT2D eigenvalue weighted by atomic mass is 16.5. The fraction of sp³-hybridized carbons (Fsp3) is 0.500. The summed E-state index contributed by atoms with van der Waals surface area (Å²) in [4.78, 5) is 13.8. The van der Waals surface area contributed by atoms with Crippen molar-refractivity contribution in [1.82, 2.24) is 4.90 Å². The maximum atomic E-state index is 12.0. The Morgan fingerprint density at radius 1 is 1.37 bits per heavy atom. The molecule has 1 aromatic rings. The van der Waals surface area contributed by atoms with Crippen molar-refractivity contribution in [2.24, 2.45) is 0 Å². The van der Waals surface area contributed by atoms with Crippen molar-refractivity contribution in [3.8, 4) is 0 Å². The predicted molar refractivity (Wildman–Crippen MR) is 72.7 cm³/mol. The number of carbonyl (C=O) groups excluding carboxylic acids is 1. The Balaban J connectivity index is 1.88. The quantitative estimate of drug-likeness (QED) is 0.631. The van der Waals surface area contributed by atoms with E-state index in [1.54, 1.807) is 7.11 Å². The van der Waals surface area contributed by atoms with E-state index in [1.807, 2.05) is 23.1 Å². The van der Waals surface area contributed by atoms with Gasteiger partial charge in [0.1, 0.15) is 6.61 Å². The van der Waals surface area contributed by atoms with Crippen LogP contribution in [0.5, 0.6) is 0 Å². The van der Waals surface area contributed by atoms with Crippen molar-refractivity contribution in [1.29, 1.82) is 0 Å². The molecule has 2 N–H and O–H groups in total. The van der Waals surface area contributed by atoms with Crippen molar-refractivity contribution >= 4 is 11.6 Å². The van der Waals surface area contributed by atoms with Crippen LogP contribution in [0, 0.1) is 0 Å². The van der Waals surface area contributed by atoms with Gasteiger partial charge >= 0.3 is 0 Å². The lowest BCUT2D eigenvalue weighted by molar-refractivity contribution is -0.137. The van der Waals surface area contributed by atoms with E-state index < -0.39 is 0 Å². The van der Waals surface area contributed by atoms with Crippen LogP contribution in [0.3, 0.4) is 0 Å². The van der Waals surface area contributed by atoms with Gasteiger partial charge in [-0.05, 0) is 29.7 Å². The molecule has 0 unspecified atom stereocenters. The Morgan fingerprint density at radius 2 is 2.21 bits per heavy atom. The van der Waals surface area contributed by atoms with E-state index in [4.69, 9.17) is 15.2 Å². The summed E-state index contributed by atoms with van der Waals surface area (Å²) < 4.78 is 10.1. The van der Waals surface area contributed by atoms with Crippen molar-refractivity contribution in [2.75, 3.05) is 39.2 Å². The third kappa shape index (κ3) is 3.68. The minimum absolute atomic E-state index is 0.0178. The molecule has 0 bridgehead atoms. The van der Waals surface area contributed by atoms with E-state index in [0.717, 1.165) is 24.2 Å². The van der Waals surface area contributed by atoms with Gasteiger partial charge in [-0.25, -0.2) is 0 Å². The second-order valence-electron chi connectivity index (χ2n) is 4.64. The molecule has 1 aliphatic rings. The van der Waals surface area contributed by atoms with Crippen LogP contribution in [0.1, 0.15) is 11.1 Å². The summed E-state index contributed by atoms with van der Waals surface area (Å²) in [6.07, 6.45) is 0.874. The number of amides is 1. The lowest BCUT2D eigenvalue weighted by atomic mass is 9.99. The van der Waals surface area contributed by atoms with Gasteiger partial charge in [-0.2, -0.15) is 0 Å². The molecule has 0 spiro atoms. The summed E-state index contributed by atoms with van der Waals surface area (Å²) >= 11 is 0. The molecule has 0 atom stereocenters. The molecule has 0 saturated carbocycles. The molecule has 0 radical (unpaired) electrons. The number of hydrogen-bond acceptors (Lipinski definition) is 4. The van der Waals surface area contributed by atoms with Crippen molar-refractivity contribution in [3.63, 3.8) is 0 Å². The van der Waals surface area contributed by atoms with Gasteiger partial charge in [-0.15, -0.1) is 0 Å². The summed E-state index contributed by atoms with van der Waals surface area (Å²) in [6.45, 7) is 2.42. The zero-order valence-electron chi connectivity index (χ0n) is 11.2. The lowest BCUT2D eigenvalue weighted by Crippen LogP contribution is -2.38. The Hall–Kier alpha value is -1.59. The molecule has 1 aliphatic heterocycles. The van der Waals surface area contributed by atoms with E-state index in [1.165, 1.54) is 5.56 Å². The molecule has 1 amide bonds. The number of nitrogens with two attached hydrogens (primary N) is 1. The van der Waals surface area contributed by atoms with Crippen molar-refractivity contribution in [2.45, 2.75) is 13.0 Å². The normalized spacial score (nSPS) is 14.3. The molecule has 0 aliphatic carbocycles. The number of rotatable bonds is 5. The average molecular weight is 264 g/mol. The van der Waals surface area contributed by atoms with Gasteiger partial charge in [0.05, 0.1) is 13.2 Å². The standard InChI is InChI=1S/C14H20N2O3/c1-18-6-7-19-10-14(17)16-5-4-11-2-3-13(15)8-12(11)9-16/h2-3,8H,4-7,9-10,15H2,1H3. The number of carbonyl (C=O) groups is 1. The number of nitrogens with zero attached hydrogens (tertiary/aromatic N) is 1. The van der Waals surface area contributed by atoms with Gasteiger partial charge in [0.2, 0.25) is 5.91 Å². The highest BCUT2D eigenvalue weighted by molar-refractivity contribution is 5.77. The molecule has 2 rings (SSSR count). The Morgan fingerprint density at radius 3 is 3.00 bits per heavy atom. The molecule has 5 heteroatoms. The van der Waals surface area contributed by atoms with E-state index in [-0.39, 0.29) is 12.5 Å². The highest BCUT2D eigenvalue weighted by Crippen LogP contribution is 2.21. The second kappa shape index (κ2) is 6.54. The number of ether oxygens (including phenoxy) is 2. The Bertz CT molecular complexity index is 448. The van der Waals surface area contributed by atoms with E-state index in [2.05, 4.69) is 0 Å². The van der Waals surface area contributed by atoms with Gasteiger partial charge in [0.15, 0.2) is 0 Å². The van der Waals surface area contributed by atoms with E-state index in [9.17, 15) is 4.79 Å². The SMILES string of the molecule is COCCOCC(=O)N1CCc2ccc(N)cc2C1. The first-order valence-corrected chi connectivity index (χ1v) is 6.42. The van der Waals surface area contributed by atoms with Crippen LogP contribution in [0.15, 0.2) is 18.2 Å². The fourth-order valence-electron chi connectivity index (χ4n) is 2.18. The summed E-state index contributed by atoms with van der Waals surface area (Å²) in [6, 6.07) is 5.90. The topological polar surface area (TPSA) is 64.8 Å². The largest absolute Gasteiger partial charge is 0.399 e. The number of methoxy groups -OCH3 is 1. The molecular formula is C14H20N2O3. The second-order valence-corrected chi connectivity index (χ2v) is 4.64. The monoisotopic (exact) mass is 264 g/mol. The van der Waals surface area contributed by atoms with Gasteiger partial charge in [0, 0.05) is 25.9 Å². The first kappa shape index (κ1) is 13.8. The number of benzene rings is 1. The van der Waals surface area contributed by atoms with Crippen LogP contribution < -0.4 is 5.73 Å². The number of hydrogen-bond donors (Lipinski definition) is 1. The molecule has 19 heavy (non-hydrogen) atoms. The minimum atomic E-state index is 0.0178. The van der Waals surface area contributed by atoms with Crippen LogP contribution in [0.4, 0.5) is 5.69 Å². The average Bonchev–Trinajstić information content (AvgIpc) is 2.42. The number of anilines is 1. The van der Waals surface area contributed by atoms with Crippen molar-refractivity contribution < 1.29 is 14.3 Å². The van der Waals surface area contributed by atoms with Crippen LogP contribution in [0.25, 0.3) is 0 Å². The summed E-state index contributed by atoms with van der Waals surface area (Å²) in [5.41, 5.74) is 8.93. The Kier molecular flexibility index (Phi) is 4.76. The number of nitrogen functional groups attached to an aromatic ring is 1. The molecular weight excluding hydrogens is 244 g/mol. The minimum Gasteiger partial charge on any atom is -0.399 e. The Labute approximate surface area is 113 Å². The fourth-order valence-corrected chi connectivity index (χ4v) is 2.18. The summed E-state index contributed by atoms with van der Waals surface area (Å²) in [5, 5.41) is 0. The number of fused-ring (bicyclic) bond motifs is 1. The van der Waals surface area contributed by atoms with Gasteiger partial charge in [0.25, 0.3) is 0 Å². The third-order valence-electron chi connectivity index (χ3n) is 3.25. The first-order valence-electron chi connectivity index (χ1n) is 6.42. The molecule has 0 fully saturated rings. The smallest absolute Gasteiger partial charge is 0.248 e. The van der Waals surface area contributed by atoms with Crippen LogP contribution in [0.2, 0.25) is 0 Å². The van der Waals surface area contributed by atoms with E-state index in [0.29, 0.717) is 19.8 Å². The highest BCUT2D eigenvalue weighted by Gasteiger charge is 2.20. The lowest BCUT2D eigenvalue weighted by Gasteiger charge is -2.29. The van der Waals surface area contributed by atoms with Gasteiger partial charge < -0.3 is 20.1 Å². The third-order valence-corrected chi connectivity index (χ3v) is 3.25. The molecule has 1 aromatic carbocycles. The molecule has 0 aromatic heterocycles. The van der Waals surface area contributed by atoms with Crippen molar-refractivity contribution in [3.05, 3.63) is 29.3 Å². The maximum Gasteiger partial charge on any atom is 0.248 e. The van der Waals surface area contributed by atoms with Gasteiger partial charge in [-0.1, -0.05) is 6.07 Å². The first-order chi connectivity index (χ1) is 9.20. The molecule has 0 saturated heterocycles. The zero-order valence-corrected chi connectivity index (χ0v) is 11.2. The molecule has 1 heterocycles. The maximum absolute atomic E-state index is 12.0. The molecule has 5 nitrogen and oxygen atoms in total. The predicted octanol–water partition coefficient (Wildman–Crippen LogP) is 0.816. The summed E-state index contributed by atoms with van der Waals surface area (Å²) in [5.74, 6) is 0.0178. The van der Waals surface area contributed by atoms with Crippen LogP contribution >= 0.6 is 0 Å². The van der Waals surface area contributed by atoms with Crippen LogP contribution in [-0.4, -0.2) is 44.3 Å². The van der Waals surface area contributed by atoms with E-state index >= 15 is 0 Å². The molecule has 104 valence electrons. The van der Waals surface area contributed by atoms with Crippen LogP contribution in [-0.2, 0) is 27.2 Å². The van der Waals surface area contributed by atoms with Gasteiger partial charge in [-0.3, -0.25) is 4.79 Å². The summed E-state index contributed by atoms with van der Waals surface area (Å²) in [7, 11) is 1.61. The zero-order chi connectivity index (χ0) is 13.7.